The summed E-state index contributed by atoms with van der Waals surface area (Å²) in [5.74, 6) is 0.250. The number of nitrogens with one attached hydrogen (secondary N) is 1. The Morgan fingerprint density at radius 3 is 2.62 bits per heavy atom. The molecule has 0 aliphatic heterocycles. The van der Waals surface area contributed by atoms with E-state index in [-0.39, 0.29) is 11.6 Å². The molecular weight excluding hydrogens is 310 g/mol. The summed E-state index contributed by atoms with van der Waals surface area (Å²) in [5, 5.41) is 13.3. The van der Waals surface area contributed by atoms with Crippen molar-refractivity contribution in [3.05, 3.63) is 64.0 Å². The molecular formula is C17H13N3O4. The van der Waals surface area contributed by atoms with Crippen LogP contribution in [-0.4, -0.2) is 15.8 Å². The summed E-state index contributed by atoms with van der Waals surface area (Å²) in [6, 6.07) is 11.4. The van der Waals surface area contributed by atoms with Crippen LogP contribution in [0.4, 0.5) is 11.4 Å². The van der Waals surface area contributed by atoms with Crippen LogP contribution in [0.25, 0.3) is 23.3 Å². The van der Waals surface area contributed by atoms with Crippen LogP contribution in [0.3, 0.4) is 0 Å². The lowest BCUT2D eigenvalue weighted by Crippen LogP contribution is -2.05. The number of nitro benzene ring substituents is 1. The number of carbonyl (C=O) groups excluding carboxylic acids is 1. The van der Waals surface area contributed by atoms with Gasteiger partial charge in [0, 0.05) is 30.8 Å². The lowest BCUT2D eigenvalue weighted by Gasteiger charge is -1.99. The number of non-ortho nitro benzene ring substituents is 1. The summed E-state index contributed by atoms with van der Waals surface area (Å²) in [6.45, 7) is 1.44. The van der Waals surface area contributed by atoms with Crippen molar-refractivity contribution in [2.75, 3.05) is 5.32 Å². The Morgan fingerprint density at radius 2 is 1.96 bits per heavy atom. The monoisotopic (exact) mass is 323 g/mol. The molecule has 7 heteroatoms. The van der Waals surface area contributed by atoms with Gasteiger partial charge in [0.1, 0.15) is 5.52 Å². The lowest BCUT2D eigenvalue weighted by atomic mass is 10.2. The third-order valence-corrected chi connectivity index (χ3v) is 3.25. The van der Waals surface area contributed by atoms with E-state index in [0.29, 0.717) is 22.7 Å². The Balaban J connectivity index is 1.81. The Hall–Kier alpha value is -3.48. The van der Waals surface area contributed by atoms with Gasteiger partial charge in [-0.3, -0.25) is 14.9 Å². The maximum Gasteiger partial charge on any atom is 0.269 e. The van der Waals surface area contributed by atoms with E-state index in [1.165, 1.54) is 19.1 Å². The molecule has 0 saturated heterocycles. The van der Waals surface area contributed by atoms with Gasteiger partial charge >= 0.3 is 0 Å². The third kappa shape index (κ3) is 3.46. The Morgan fingerprint density at radius 1 is 1.21 bits per heavy atom. The fourth-order valence-corrected chi connectivity index (χ4v) is 2.17. The van der Waals surface area contributed by atoms with E-state index in [1.807, 2.05) is 0 Å². The van der Waals surface area contributed by atoms with Crippen LogP contribution in [0.1, 0.15) is 18.4 Å². The summed E-state index contributed by atoms with van der Waals surface area (Å²) < 4.78 is 5.59. The van der Waals surface area contributed by atoms with E-state index in [2.05, 4.69) is 10.3 Å². The number of fused-ring (bicyclic) bond motifs is 1. The van der Waals surface area contributed by atoms with E-state index >= 15 is 0 Å². The number of aromatic nitrogens is 1. The molecule has 3 rings (SSSR count). The number of benzene rings is 2. The zero-order valence-corrected chi connectivity index (χ0v) is 12.7. The molecule has 0 saturated carbocycles. The number of nitrogens with zero attached hydrogens (tertiary/aromatic N) is 2. The summed E-state index contributed by atoms with van der Waals surface area (Å²) >= 11 is 0. The molecule has 120 valence electrons. The number of anilines is 1. The first-order valence-electron chi connectivity index (χ1n) is 7.12. The molecule has 3 aromatic rings. The van der Waals surface area contributed by atoms with Crippen molar-refractivity contribution in [3.63, 3.8) is 0 Å². The molecule has 0 fully saturated rings. The SMILES string of the molecule is CC(=O)Nc1ccc2oc(/C=C/c3ccc([N+](=O)[O-])cc3)nc2c1. The van der Waals surface area contributed by atoms with Crippen molar-refractivity contribution < 1.29 is 14.1 Å². The molecule has 1 amide bonds. The largest absolute Gasteiger partial charge is 0.437 e. The normalized spacial score (nSPS) is 11.0. The molecule has 0 bridgehead atoms. The number of hydrogen-bond donors (Lipinski definition) is 1. The van der Waals surface area contributed by atoms with Gasteiger partial charge in [-0.15, -0.1) is 0 Å². The number of amides is 1. The van der Waals surface area contributed by atoms with Gasteiger partial charge in [0.05, 0.1) is 4.92 Å². The number of rotatable bonds is 4. The van der Waals surface area contributed by atoms with Gasteiger partial charge in [-0.05, 0) is 42.0 Å². The van der Waals surface area contributed by atoms with E-state index < -0.39 is 4.92 Å². The molecule has 0 unspecified atom stereocenters. The van der Waals surface area contributed by atoms with Crippen LogP contribution in [0.2, 0.25) is 0 Å². The zero-order valence-electron chi connectivity index (χ0n) is 12.7. The average molecular weight is 323 g/mol. The maximum atomic E-state index is 11.1. The molecule has 0 spiro atoms. The summed E-state index contributed by atoms with van der Waals surface area (Å²) in [6.07, 6.45) is 3.43. The lowest BCUT2D eigenvalue weighted by molar-refractivity contribution is -0.384. The van der Waals surface area contributed by atoms with Gasteiger partial charge in [-0.25, -0.2) is 4.98 Å². The second-order valence-electron chi connectivity index (χ2n) is 5.10. The predicted octanol–water partition coefficient (Wildman–Crippen LogP) is 3.86. The van der Waals surface area contributed by atoms with E-state index in [0.717, 1.165) is 5.56 Å². The van der Waals surface area contributed by atoms with Gasteiger partial charge in [0.15, 0.2) is 5.58 Å². The zero-order chi connectivity index (χ0) is 17.1. The summed E-state index contributed by atoms with van der Waals surface area (Å²) in [7, 11) is 0. The van der Waals surface area contributed by atoms with Crippen molar-refractivity contribution in [2.24, 2.45) is 0 Å². The minimum absolute atomic E-state index is 0.0412. The number of carbonyl (C=O) groups is 1. The van der Waals surface area contributed by atoms with Crippen LogP contribution in [0.5, 0.6) is 0 Å². The first-order chi connectivity index (χ1) is 11.5. The molecule has 2 aromatic carbocycles. The van der Waals surface area contributed by atoms with Gasteiger partial charge in [-0.1, -0.05) is 0 Å². The Bertz CT molecular complexity index is 942. The quantitative estimate of drug-likeness (QED) is 0.580. The molecule has 0 aliphatic rings. The highest BCUT2D eigenvalue weighted by Crippen LogP contribution is 2.21. The molecule has 0 atom stereocenters. The minimum atomic E-state index is -0.443. The van der Waals surface area contributed by atoms with E-state index in [4.69, 9.17) is 4.42 Å². The van der Waals surface area contributed by atoms with Crippen molar-refractivity contribution >= 4 is 40.5 Å². The van der Waals surface area contributed by atoms with Crippen molar-refractivity contribution in [1.82, 2.24) is 4.98 Å². The fourth-order valence-electron chi connectivity index (χ4n) is 2.17. The summed E-state index contributed by atoms with van der Waals surface area (Å²) in [5.41, 5.74) is 2.72. The van der Waals surface area contributed by atoms with Crippen LogP contribution < -0.4 is 5.32 Å². The van der Waals surface area contributed by atoms with Crippen molar-refractivity contribution in [3.8, 4) is 0 Å². The molecule has 1 heterocycles. The van der Waals surface area contributed by atoms with E-state index in [1.54, 1.807) is 42.5 Å². The second-order valence-corrected chi connectivity index (χ2v) is 5.10. The molecule has 0 aliphatic carbocycles. The Kier molecular flexibility index (Phi) is 4.07. The number of oxazole rings is 1. The summed E-state index contributed by atoms with van der Waals surface area (Å²) in [4.78, 5) is 25.6. The van der Waals surface area contributed by atoms with Crippen LogP contribution >= 0.6 is 0 Å². The fraction of sp³-hybridized carbons (Fsp3) is 0.0588. The molecule has 7 nitrogen and oxygen atoms in total. The Labute approximate surface area is 136 Å². The minimum Gasteiger partial charge on any atom is -0.437 e. The average Bonchev–Trinajstić information content (AvgIpc) is 2.95. The molecule has 0 radical (unpaired) electrons. The van der Waals surface area contributed by atoms with E-state index in [9.17, 15) is 14.9 Å². The van der Waals surface area contributed by atoms with Gasteiger partial charge < -0.3 is 9.73 Å². The van der Waals surface area contributed by atoms with Crippen LogP contribution in [0.15, 0.2) is 46.9 Å². The standard InChI is InChI=1S/C17H13N3O4/c1-11(21)18-13-5-8-16-15(10-13)19-17(24-16)9-4-12-2-6-14(7-3-12)20(22)23/h2-10H,1H3,(H,18,21)/b9-4+. The predicted molar refractivity (Wildman–Crippen MR) is 90.3 cm³/mol. The molecule has 1 N–H and O–H groups in total. The highest BCUT2D eigenvalue weighted by Gasteiger charge is 2.06. The first-order valence-corrected chi connectivity index (χ1v) is 7.12. The number of nitro groups is 1. The molecule has 24 heavy (non-hydrogen) atoms. The van der Waals surface area contributed by atoms with Crippen molar-refractivity contribution in [2.45, 2.75) is 6.92 Å². The van der Waals surface area contributed by atoms with Gasteiger partial charge in [0.2, 0.25) is 11.8 Å². The maximum absolute atomic E-state index is 11.1. The second kappa shape index (κ2) is 6.33. The first kappa shape index (κ1) is 15.4. The van der Waals surface area contributed by atoms with Crippen LogP contribution in [0, 0.1) is 10.1 Å². The highest BCUT2D eigenvalue weighted by molar-refractivity contribution is 5.91. The van der Waals surface area contributed by atoms with Gasteiger partial charge in [0.25, 0.3) is 5.69 Å². The smallest absolute Gasteiger partial charge is 0.269 e. The van der Waals surface area contributed by atoms with Crippen molar-refractivity contribution in [1.29, 1.82) is 0 Å². The topological polar surface area (TPSA) is 98.3 Å². The number of hydrogen-bond acceptors (Lipinski definition) is 5. The van der Waals surface area contributed by atoms with Gasteiger partial charge in [-0.2, -0.15) is 0 Å². The third-order valence-electron chi connectivity index (χ3n) is 3.25. The molecule has 1 aromatic heterocycles. The highest BCUT2D eigenvalue weighted by atomic mass is 16.6. The van der Waals surface area contributed by atoms with Crippen LogP contribution in [-0.2, 0) is 4.79 Å².